The number of nitrogens with zero attached hydrogens (tertiary/aromatic N) is 3. The summed E-state index contributed by atoms with van der Waals surface area (Å²) in [7, 11) is -2.78. The van der Waals surface area contributed by atoms with Crippen molar-refractivity contribution in [2.45, 2.75) is 30.0 Å². The van der Waals surface area contributed by atoms with Gasteiger partial charge < -0.3 is 4.90 Å². The maximum absolute atomic E-state index is 13.0. The van der Waals surface area contributed by atoms with Crippen LogP contribution in [0.3, 0.4) is 0 Å². The van der Waals surface area contributed by atoms with Crippen LogP contribution in [-0.2, 0) is 16.2 Å². The van der Waals surface area contributed by atoms with Crippen LogP contribution in [0, 0.1) is 0 Å². The van der Waals surface area contributed by atoms with E-state index in [1.807, 2.05) is 23.1 Å². The van der Waals surface area contributed by atoms with Crippen LogP contribution < -0.4 is 4.90 Å². The van der Waals surface area contributed by atoms with Crippen molar-refractivity contribution in [1.29, 1.82) is 0 Å². The second kappa shape index (κ2) is 7.88. The van der Waals surface area contributed by atoms with Crippen LogP contribution in [-0.4, -0.2) is 43.9 Å². The maximum Gasteiger partial charge on any atom is 0.416 e. The van der Waals surface area contributed by atoms with E-state index in [9.17, 15) is 21.6 Å². The van der Waals surface area contributed by atoms with Crippen molar-refractivity contribution in [3.8, 4) is 0 Å². The average molecular weight is 434 g/mol. The van der Waals surface area contributed by atoms with Crippen molar-refractivity contribution in [3.63, 3.8) is 0 Å². The summed E-state index contributed by atoms with van der Waals surface area (Å²) in [6, 6.07) is 7.56. The third-order valence-electron chi connectivity index (χ3n) is 4.87. The fourth-order valence-electron chi connectivity index (χ4n) is 3.23. The topological polar surface area (TPSA) is 53.5 Å². The lowest BCUT2D eigenvalue weighted by atomic mass is 10.1. The molecule has 0 atom stereocenters. The molecule has 1 saturated heterocycles. The highest BCUT2D eigenvalue weighted by Crippen LogP contribution is 2.35. The van der Waals surface area contributed by atoms with Crippen LogP contribution in [0.4, 0.5) is 19.0 Å². The number of rotatable bonds is 4. The summed E-state index contributed by atoms with van der Waals surface area (Å²) in [6.07, 6.45) is -1.90. The Bertz CT molecular complexity index is 931. The van der Waals surface area contributed by atoms with Crippen molar-refractivity contribution in [1.82, 2.24) is 9.29 Å². The first-order valence-electron chi connectivity index (χ1n) is 8.61. The van der Waals surface area contributed by atoms with Gasteiger partial charge in [0, 0.05) is 32.4 Å². The van der Waals surface area contributed by atoms with Gasteiger partial charge >= 0.3 is 6.18 Å². The highest BCUT2D eigenvalue weighted by Gasteiger charge is 2.36. The van der Waals surface area contributed by atoms with Gasteiger partial charge in [-0.25, -0.2) is 13.4 Å². The molecule has 1 aromatic carbocycles. The molecule has 1 aromatic heterocycles. The minimum atomic E-state index is -4.65. The van der Waals surface area contributed by atoms with E-state index in [1.165, 1.54) is 7.05 Å². The number of pyridine rings is 1. The number of hydrogen-bond donors (Lipinski definition) is 0. The van der Waals surface area contributed by atoms with E-state index in [0.29, 0.717) is 32.0 Å². The number of anilines is 1. The smallest absolute Gasteiger partial charge is 0.357 e. The largest absolute Gasteiger partial charge is 0.416 e. The van der Waals surface area contributed by atoms with Gasteiger partial charge in [-0.05, 0) is 43.2 Å². The number of halogens is 4. The first-order valence-corrected chi connectivity index (χ1v) is 10.4. The molecule has 0 N–H and O–H groups in total. The quantitative estimate of drug-likeness (QED) is 0.730. The fourth-order valence-corrected chi connectivity index (χ4v) is 5.14. The summed E-state index contributed by atoms with van der Waals surface area (Å²) >= 11 is 5.93. The monoisotopic (exact) mass is 433 g/mol. The Kier molecular flexibility index (Phi) is 5.88. The van der Waals surface area contributed by atoms with Crippen LogP contribution >= 0.6 is 11.6 Å². The molecule has 0 bridgehead atoms. The van der Waals surface area contributed by atoms with Gasteiger partial charge in [-0.15, -0.1) is 0 Å². The molecular formula is C18H19ClF3N3O2S. The first-order chi connectivity index (χ1) is 13.1. The normalized spacial score (nSPS) is 16.6. The Balaban J connectivity index is 1.78. The van der Waals surface area contributed by atoms with Gasteiger partial charge in [-0.2, -0.15) is 17.5 Å². The maximum atomic E-state index is 13.0. The highest BCUT2D eigenvalue weighted by atomic mass is 35.5. The number of aromatic nitrogens is 1. The zero-order valence-electron chi connectivity index (χ0n) is 15.0. The summed E-state index contributed by atoms with van der Waals surface area (Å²) in [5.41, 5.74) is -1.05. The minimum Gasteiger partial charge on any atom is -0.357 e. The zero-order chi connectivity index (χ0) is 20.5. The van der Waals surface area contributed by atoms with E-state index in [4.69, 9.17) is 11.6 Å². The molecule has 1 aliphatic heterocycles. The molecular weight excluding hydrogens is 415 g/mol. The Morgan fingerprint density at radius 2 is 1.86 bits per heavy atom. The van der Waals surface area contributed by atoms with E-state index in [2.05, 4.69) is 4.98 Å². The Morgan fingerprint density at radius 3 is 2.43 bits per heavy atom. The van der Waals surface area contributed by atoms with Crippen LogP contribution in [0.1, 0.15) is 18.4 Å². The third kappa shape index (κ3) is 4.26. The highest BCUT2D eigenvalue weighted by molar-refractivity contribution is 7.89. The summed E-state index contributed by atoms with van der Waals surface area (Å²) < 4.78 is 65.9. The summed E-state index contributed by atoms with van der Waals surface area (Å²) in [6.45, 7) is 1.19. The molecule has 152 valence electrons. The van der Waals surface area contributed by atoms with Crippen LogP contribution in [0.25, 0.3) is 0 Å². The standard InChI is InChI=1S/C18H19ClF3N3O2S/c1-24(14-7-10-25(11-8-14)17-4-2-3-9-23-17)28(26,27)16-12-13(18(20,21)22)5-6-15(16)19/h2-6,9,12,14H,7-8,10-11H2,1H3. The molecule has 0 unspecified atom stereocenters. The minimum absolute atomic E-state index is 0.231. The Labute approximate surface area is 166 Å². The molecule has 1 fully saturated rings. The molecule has 5 nitrogen and oxygen atoms in total. The molecule has 0 amide bonds. The van der Waals surface area contributed by atoms with Gasteiger partial charge in [0.05, 0.1) is 10.6 Å². The second-order valence-electron chi connectivity index (χ2n) is 6.57. The lowest BCUT2D eigenvalue weighted by Gasteiger charge is -2.36. The average Bonchev–Trinajstić information content (AvgIpc) is 2.67. The van der Waals surface area contributed by atoms with Crippen molar-refractivity contribution >= 4 is 27.4 Å². The van der Waals surface area contributed by atoms with E-state index in [0.717, 1.165) is 22.3 Å². The number of benzene rings is 1. The number of alkyl halides is 3. The second-order valence-corrected chi connectivity index (χ2v) is 8.94. The molecule has 0 radical (unpaired) electrons. The predicted molar refractivity (Wildman–Crippen MR) is 101 cm³/mol. The number of hydrogen-bond acceptors (Lipinski definition) is 4. The molecule has 0 saturated carbocycles. The molecule has 2 aromatic rings. The van der Waals surface area contributed by atoms with Gasteiger partial charge in [0.2, 0.25) is 10.0 Å². The molecule has 1 aliphatic rings. The van der Waals surface area contributed by atoms with Crippen LogP contribution in [0.5, 0.6) is 0 Å². The van der Waals surface area contributed by atoms with Crippen LogP contribution in [0.15, 0.2) is 47.5 Å². The van der Waals surface area contributed by atoms with E-state index >= 15 is 0 Å². The van der Waals surface area contributed by atoms with Crippen molar-refractivity contribution in [2.75, 3.05) is 25.0 Å². The number of sulfonamides is 1. The first kappa shape index (κ1) is 20.9. The Morgan fingerprint density at radius 1 is 1.18 bits per heavy atom. The van der Waals surface area contributed by atoms with E-state index in [1.54, 1.807) is 6.20 Å². The Hall–Kier alpha value is -1.84. The molecule has 28 heavy (non-hydrogen) atoms. The van der Waals surface area contributed by atoms with E-state index in [-0.39, 0.29) is 11.1 Å². The summed E-state index contributed by atoms with van der Waals surface area (Å²) in [5.74, 6) is 0.812. The van der Waals surface area contributed by atoms with Gasteiger partial charge in [-0.1, -0.05) is 17.7 Å². The third-order valence-corrected chi connectivity index (χ3v) is 7.26. The molecule has 3 rings (SSSR count). The summed E-state index contributed by atoms with van der Waals surface area (Å²) in [5, 5.41) is -0.231. The van der Waals surface area contributed by atoms with Crippen molar-refractivity contribution in [2.24, 2.45) is 0 Å². The van der Waals surface area contributed by atoms with Gasteiger partial charge in [0.25, 0.3) is 0 Å². The van der Waals surface area contributed by atoms with Gasteiger partial charge in [0.1, 0.15) is 10.7 Å². The SMILES string of the molecule is CN(C1CCN(c2ccccn2)CC1)S(=O)(=O)c1cc(C(F)(F)F)ccc1Cl. The van der Waals surface area contributed by atoms with Crippen LogP contribution in [0.2, 0.25) is 5.02 Å². The molecule has 0 spiro atoms. The molecule has 0 aliphatic carbocycles. The summed E-state index contributed by atoms with van der Waals surface area (Å²) in [4.78, 5) is 5.80. The zero-order valence-corrected chi connectivity index (χ0v) is 16.6. The van der Waals surface area contributed by atoms with Crippen molar-refractivity contribution < 1.29 is 21.6 Å². The van der Waals surface area contributed by atoms with Gasteiger partial charge in [0.15, 0.2) is 0 Å². The molecule has 2 heterocycles. The number of piperidine rings is 1. The fraction of sp³-hybridized carbons (Fsp3) is 0.389. The van der Waals surface area contributed by atoms with Gasteiger partial charge in [-0.3, -0.25) is 0 Å². The predicted octanol–water partition coefficient (Wildman–Crippen LogP) is 4.04. The lowest BCUT2D eigenvalue weighted by Crippen LogP contribution is -2.45. The van der Waals surface area contributed by atoms with Crippen molar-refractivity contribution in [3.05, 3.63) is 53.2 Å². The lowest BCUT2D eigenvalue weighted by molar-refractivity contribution is -0.137. The van der Waals surface area contributed by atoms with E-state index < -0.39 is 26.7 Å². The molecule has 10 heteroatoms.